The number of hydrogen-bond donors (Lipinski definition) is 0. The zero-order chi connectivity index (χ0) is 39.7. The van der Waals surface area contributed by atoms with E-state index < -0.39 is 6.10 Å². The maximum atomic E-state index is 12.7. The van der Waals surface area contributed by atoms with Crippen LogP contribution in [0.5, 0.6) is 0 Å². The largest absolute Gasteiger partial charge is 0.462 e. The lowest BCUT2D eigenvalue weighted by Crippen LogP contribution is -2.30. The summed E-state index contributed by atoms with van der Waals surface area (Å²) in [5, 5.41) is 0. The molecule has 0 radical (unpaired) electrons. The second-order valence-electron chi connectivity index (χ2n) is 17.1. The SMILES string of the molecule is CCCCCCCCCCCCCCCCCC(=O)OC[C@@H](COC(=O)CCCCCCCCCCC(C)CC)OC(=O)CCCCCCCCC(C)C. The molecular weight excluding hydrogens is 673 g/mol. The van der Waals surface area contributed by atoms with E-state index in [0.29, 0.717) is 19.3 Å². The molecule has 1 unspecified atom stereocenters. The predicted molar refractivity (Wildman–Crippen MR) is 229 cm³/mol. The molecule has 54 heavy (non-hydrogen) atoms. The van der Waals surface area contributed by atoms with Crippen molar-refractivity contribution >= 4 is 17.9 Å². The first kappa shape index (κ1) is 52.4. The Bertz CT molecular complexity index is 826. The molecule has 6 heteroatoms. The summed E-state index contributed by atoms with van der Waals surface area (Å²) in [4.78, 5) is 37.7. The normalized spacial score (nSPS) is 12.6. The van der Waals surface area contributed by atoms with E-state index in [1.807, 2.05) is 0 Å². The molecular formula is C48H92O6. The molecule has 0 saturated heterocycles. The fraction of sp³-hybridized carbons (Fsp3) is 0.938. The number of rotatable bonds is 42. The summed E-state index contributed by atoms with van der Waals surface area (Å²) in [5.74, 6) is 0.746. The van der Waals surface area contributed by atoms with Gasteiger partial charge in [0.05, 0.1) is 0 Å². The molecule has 0 amide bonds. The van der Waals surface area contributed by atoms with E-state index in [1.165, 1.54) is 148 Å². The Balaban J connectivity index is 4.29. The summed E-state index contributed by atoms with van der Waals surface area (Å²) in [7, 11) is 0. The average Bonchev–Trinajstić information content (AvgIpc) is 3.15. The second kappa shape index (κ2) is 41.1. The lowest BCUT2D eigenvalue weighted by atomic mass is 9.99. The summed E-state index contributed by atoms with van der Waals surface area (Å²) in [6.07, 6.45) is 39.5. The minimum Gasteiger partial charge on any atom is -0.462 e. The number of ether oxygens (including phenoxy) is 3. The third-order valence-electron chi connectivity index (χ3n) is 11.1. The summed E-state index contributed by atoms with van der Waals surface area (Å²) in [6.45, 7) is 11.3. The van der Waals surface area contributed by atoms with Crippen LogP contribution in [0.3, 0.4) is 0 Å². The van der Waals surface area contributed by atoms with E-state index in [-0.39, 0.29) is 31.1 Å². The maximum Gasteiger partial charge on any atom is 0.306 e. The van der Waals surface area contributed by atoms with E-state index in [2.05, 4.69) is 34.6 Å². The van der Waals surface area contributed by atoms with E-state index in [4.69, 9.17) is 14.2 Å². The number of esters is 3. The van der Waals surface area contributed by atoms with E-state index in [9.17, 15) is 14.4 Å². The second-order valence-corrected chi connectivity index (χ2v) is 17.1. The molecule has 0 aromatic heterocycles. The maximum absolute atomic E-state index is 12.7. The Kier molecular flexibility index (Phi) is 39.8. The molecule has 6 nitrogen and oxygen atoms in total. The van der Waals surface area contributed by atoms with Gasteiger partial charge in [0.25, 0.3) is 0 Å². The molecule has 0 aliphatic heterocycles. The molecule has 0 aliphatic carbocycles. The van der Waals surface area contributed by atoms with Gasteiger partial charge in [-0.05, 0) is 31.1 Å². The van der Waals surface area contributed by atoms with Crippen LogP contribution < -0.4 is 0 Å². The summed E-state index contributed by atoms with van der Waals surface area (Å²) in [5.41, 5.74) is 0. The highest BCUT2D eigenvalue weighted by atomic mass is 16.6. The Labute approximate surface area is 336 Å². The lowest BCUT2D eigenvalue weighted by molar-refractivity contribution is -0.167. The summed E-state index contributed by atoms with van der Waals surface area (Å²) < 4.78 is 16.7. The van der Waals surface area contributed by atoms with Crippen molar-refractivity contribution in [2.75, 3.05) is 13.2 Å². The van der Waals surface area contributed by atoms with Gasteiger partial charge in [-0.3, -0.25) is 14.4 Å². The van der Waals surface area contributed by atoms with Crippen LogP contribution in [-0.4, -0.2) is 37.2 Å². The topological polar surface area (TPSA) is 78.9 Å². The first-order valence-corrected chi connectivity index (χ1v) is 23.8. The van der Waals surface area contributed by atoms with Crippen LogP contribution in [0, 0.1) is 11.8 Å². The molecule has 0 heterocycles. The van der Waals surface area contributed by atoms with Gasteiger partial charge in [0.15, 0.2) is 6.10 Å². The molecule has 0 fully saturated rings. The van der Waals surface area contributed by atoms with E-state index >= 15 is 0 Å². The Morgan fingerprint density at radius 2 is 0.704 bits per heavy atom. The van der Waals surface area contributed by atoms with Crippen molar-refractivity contribution in [3.05, 3.63) is 0 Å². The van der Waals surface area contributed by atoms with Crippen LogP contribution in [-0.2, 0) is 28.6 Å². The van der Waals surface area contributed by atoms with Gasteiger partial charge in [-0.2, -0.15) is 0 Å². The standard InChI is InChI=1S/C48H92O6/c1-6-8-9-10-11-12-13-14-15-16-17-18-22-28-33-38-46(49)52-41-45(54-48(51)40-35-30-25-24-26-31-36-43(3)4)42-53-47(50)39-34-29-23-20-19-21-27-32-37-44(5)7-2/h43-45H,6-42H2,1-5H3/t44?,45-/m0/s1. The van der Waals surface area contributed by atoms with Gasteiger partial charge in [0, 0.05) is 19.3 Å². The molecule has 0 bridgehead atoms. The molecule has 0 aliphatic rings. The minimum absolute atomic E-state index is 0.0657. The molecule has 0 saturated carbocycles. The monoisotopic (exact) mass is 765 g/mol. The number of carbonyl (C=O) groups is 3. The third-order valence-corrected chi connectivity index (χ3v) is 11.1. The van der Waals surface area contributed by atoms with E-state index in [0.717, 1.165) is 69.6 Å². The highest BCUT2D eigenvalue weighted by molar-refractivity contribution is 5.71. The fourth-order valence-corrected chi connectivity index (χ4v) is 7.07. The van der Waals surface area contributed by atoms with Crippen molar-refractivity contribution in [3.63, 3.8) is 0 Å². The molecule has 0 aromatic rings. The fourth-order valence-electron chi connectivity index (χ4n) is 7.07. The van der Waals surface area contributed by atoms with Gasteiger partial charge < -0.3 is 14.2 Å². The quantitative estimate of drug-likeness (QED) is 0.0350. The number of carbonyl (C=O) groups excluding carboxylic acids is 3. The van der Waals surface area contributed by atoms with E-state index in [1.54, 1.807) is 0 Å². The Hall–Kier alpha value is -1.59. The van der Waals surface area contributed by atoms with Crippen LogP contribution in [0.4, 0.5) is 0 Å². The van der Waals surface area contributed by atoms with Gasteiger partial charge in [-0.25, -0.2) is 0 Å². The summed E-state index contributed by atoms with van der Waals surface area (Å²) in [6, 6.07) is 0. The van der Waals surface area contributed by atoms with Gasteiger partial charge in [0.1, 0.15) is 13.2 Å². The van der Waals surface area contributed by atoms with Crippen molar-refractivity contribution in [1.29, 1.82) is 0 Å². The van der Waals surface area contributed by atoms with Crippen molar-refractivity contribution in [2.45, 2.75) is 265 Å². The summed E-state index contributed by atoms with van der Waals surface area (Å²) >= 11 is 0. The minimum atomic E-state index is -0.761. The van der Waals surface area contributed by atoms with Gasteiger partial charge in [0.2, 0.25) is 0 Å². The number of hydrogen-bond acceptors (Lipinski definition) is 6. The lowest BCUT2D eigenvalue weighted by Gasteiger charge is -2.18. The van der Waals surface area contributed by atoms with Crippen molar-refractivity contribution in [3.8, 4) is 0 Å². The van der Waals surface area contributed by atoms with Gasteiger partial charge in [-0.1, -0.05) is 221 Å². The molecule has 0 N–H and O–H groups in total. The zero-order valence-corrected chi connectivity index (χ0v) is 36.8. The van der Waals surface area contributed by atoms with Crippen LogP contribution in [0.15, 0.2) is 0 Å². The smallest absolute Gasteiger partial charge is 0.306 e. The Morgan fingerprint density at radius 1 is 0.389 bits per heavy atom. The van der Waals surface area contributed by atoms with Crippen LogP contribution in [0.1, 0.15) is 259 Å². The highest BCUT2D eigenvalue weighted by Gasteiger charge is 2.19. The highest BCUT2D eigenvalue weighted by Crippen LogP contribution is 2.17. The average molecular weight is 765 g/mol. The van der Waals surface area contributed by atoms with Crippen molar-refractivity contribution in [2.24, 2.45) is 11.8 Å². The molecule has 2 atom stereocenters. The first-order chi connectivity index (χ1) is 26.3. The van der Waals surface area contributed by atoms with Gasteiger partial charge in [-0.15, -0.1) is 0 Å². The molecule has 320 valence electrons. The Morgan fingerprint density at radius 3 is 1.06 bits per heavy atom. The van der Waals surface area contributed by atoms with Crippen molar-refractivity contribution < 1.29 is 28.6 Å². The molecule has 0 aromatic carbocycles. The molecule has 0 rings (SSSR count). The van der Waals surface area contributed by atoms with Gasteiger partial charge >= 0.3 is 17.9 Å². The van der Waals surface area contributed by atoms with Crippen LogP contribution in [0.2, 0.25) is 0 Å². The number of unbranched alkanes of at least 4 members (excludes halogenated alkanes) is 26. The molecule has 0 spiro atoms. The predicted octanol–water partition coefficient (Wildman–Crippen LogP) is 15.0. The zero-order valence-electron chi connectivity index (χ0n) is 36.8. The van der Waals surface area contributed by atoms with Crippen molar-refractivity contribution in [1.82, 2.24) is 0 Å². The first-order valence-electron chi connectivity index (χ1n) is 23.8. The van der Waals surface area contributed by atoms with Crippen LogP contribution >= 0.6 is 0 Å². The third kappa shape index (κ3) is 40.1. The van der Waals surface area contributed by atoms with Crippen LogP contribution in [0.25, 0.3) is 0 Å².